The third-order valence-corrected chi connectivity index (χ3v) is 0.652. The average molecular weight is 104 g/mol. The van der Waals surface area contributed by atoms with Crippen LogP contribution in [0.5, 0.6) is 0 Å². The number of hydrazine groups is 1. The van der Waals surface area contributed by atoms with Crippen molar-refractivity contribution in [3.05, 3.63) is 0 Å². The second kappa shape index (κ2) is 1.44. The molecule has 0 spiro atoms. The summed E-state index contributed by atoms with van der Waals surface area (Å²) in [6.07, 6.45) is 0. The molecule has 0 atom stereocenters. The smallest absolute Gasteiger partial charge is 0.131 e. The highest BCUT2D eigenvalue weighted by Gasteiger charge is 1.95. The lowest BCUT2D eigenvalue weighted by Gasteiger charge is -1.96. The second-order valence-electron chi connectivity index (χ2n) is 0.837. The minimum absolute atomic E-state index is 0.545. The van der Waals surface area contributed by atoms with E-state index in [9.17, 15) is 0 Å². The van der Waals surface area contributed by atoms with Crippen LogP contribution in [0, 0.1) is 0 Å². The molecule has 0 saturated carbocycles. The first kappa shape index (κ1) is 3.89. The summed E-state index contributed by atoms with van der Waals surface area (Å²) in [5.41, 5.74) is 2.68. The van der Waals surface area contributed by atoms with Crippen LogP contribution in [-0.2, 0) is 0 Å². The van der Waals surface area contributed by atoms with Crippen LogP contribution in [0.15, 0.2) is 10.3 Å². The van der Waals surface area contributed by atoms with E-state index < -0.39 is 0 Å². The molecule has 1 aliphatic rings. The van der Waals surface area contributed by atoms with E-state index in [-0.39, 0.29) is 0 Å². The first-order valence-corrected chi connectivity index (χ1v) is 1.89. The van der Waals surface area contributed by atoms with Crippen molar-refractivity contribution >= 4 is 12.8 Å². The number of thiol groups is 1. The number of hydrogen-bond acceptors (Lipinski definition) is 5. The number of rotatable bonds is 0. The van der Waals surface area contributed by atoms with Gasteiger partial charge in [-0.1, -0.05) is 0 Å². The Morgan fingerprint density at radius 3 is 2.83 bits per heavy atom. The molecule has 1 N–H and O–H groups in total. The maximum Gasteiger partial charge on any atom is 0.131 e. The molecular formula is CH4N4S. The Balaban J connectivity index is 2.38. The summed E-state index contributed by atoms with van der Waals surface area (Å²) in [5.74, 6) is 0. The van der Waals surface area contributed by atoms with Crippen molar-refractivity contribution < 1.29 is 0 Å². The first-order valence-electron chi connectivity index (χ1n) is 1.49. The van der Waals surface area contributed by atoms with Crippen molar-refractivity contribution in [2.24, 2.45) is 10.3 Å². The van der Waals surface area contributed by atoms with Gasteiger partial charge in [0.2, 0.25) is 0 Å². The molecule has 0 fully saturated rings. The van der Waals surface area contributed by atoms with Crippen molar-refractivity contribution in [2.75, 3.05) is 6.67 Å². The molecule has 1 rings (SSSR count). The summed E-state index contributed by atoms with van der Waals surface area (Å²) in [6.45, 7) is 0.545. The Bertz CT molecular complexity index is 69.9. The number of nitrogens with one attached hydrogen (secondary N) is 1. The van der Waals surface area contributed by atoms with Crippen LogP contribution in [-0.4, -0.2) is 11.2 Å². The van der Waals surface area contributed by atoms with Gasteiger partial charge in [-0.25, -0.2) is 0 Å². The van der Waals surface area contributed by atoms with E-state index in [1.165, 1.54) is 4.52 Å². The summed E-state index contributed by atoms with van der Waals surface area (Å²) in [5, 5.41) is 6.98. The fraction of sp³-hybridized carbons (Fsp3) is 1.00. The van der Waals surface area contributed by atoms with Crippen molar-refractivity contribution in [3.63, 3.8) is 0 Å². The third-order valence-electron chi connectivity index (χ3n) is 0.431. The van der Waals surface area contributed by atoms with Crippen LogP contribution in [0.3, 0.4) is 0 Å². The van der Waals surface area contributed by atoms with E-state index in [1.807, 2.05) is 0 Å². The second-order valence-corrected chi connectivity index (χ2v) is 1.22. The zero-order valence-corrected chi connectivity index (χ0v) is 3.89. The first-order chi connectivity index (χ1) is 2.89. The van der Waals surface area contributed by atoms with E-state index in [2.05, 4.69) is 28.6 Å². The topological polar surface area (TPSA) is 40.0 Å². The number of hydrogen-bond donors (Lipinski definition) is 2. The lowest BCUT2D eigenvalue weighted by molar-refractivity contribution is 0.434. The van der Waals surface area contributed by atoms with Crippen molar-refractivity contribution in [1.82, 2.24) is 9.95 Å². The summed E-state index contributed by atoms with van der Waals surface area (Å²) < 4.78 is 1.26. The van der Waals surface area contributed by atoms with Crippen LogP contribution in [0.25, 0.3) is 0 Å². The molecule has 0 unspecified atom stereocenters. The van der Waals surface area contributed by atoms with E-state index >= 15 is 0 Å². The molecule has 0 aromatic rings. The van der Waals surface area contributed by atoms with Gasteiger partial charge in [-0.05, 0) is 18.0 Å². The molecular weight excluding hydrogens is 100 g/mol. The Morgan fingerprint density at radius 1 is 1.83 bits per heavy atom. The molecule has 0 radical (unpaired) electrons. The highest BCUT2D eigenvalue weighted by atomic mass is 32.1. The van der Waals surface area contributed by atoms with E-state index in [0.29, 0.717) is 6.67 Å². The minimum atomic E-state index is 0.545. The Kier molecular flexibility index (Phi) is 0.932. The predicted octanol–water partition coefficient (Wildman–Crippen LogP) is -0.0239. The standard InChI is InChI=1S/CH4N4S/c6-5-3-1-2-4-5/h3,6H,1H2. The van der Waals surface area contributed by atoms with Crippen LogP contribution < -0.4 is 5.43 Å². The molecule has 6 heavy (non-hydrogen) atoms. The Hall–Kier alpha value is -0.290. The molecule has 0 aromatic heterocycles. The van der Waals surface area contributed by atoms with Crippen molar-refractivity contribution in [3.8, 4) is 0 Å². The highest BCUT2D eigenvalue weighted by Crippen LogP contribution is 1.93. The summed E-state index contributed by atoms with van der Waals surface area (Å²) in [6, 6.07) is 0. The van der Waals surface area contributed by atoms with Gasteiger partial charge in [0, 0.05) is 0 Å². The monoisotopic (exact) mass is 104 g/mol. The molecule has 0 saturated heterocycles. The van der Waals surface area contributed by atoms with Gasteiger partial charge in [-0.2, -0.15) is 15.1 Å². The molecule has 1 aliphatic heterocycles. The van der Waals surface area contributed by atoms with E-state index in [0.717, 1.165) is 0 Å². The van der Waals surface area contributed by atoms with Crippen LogP contribution in [0.2, 0.25) is 0 Å². The van der Waals surface area contributed by atoms with Gasteiger partial charge in [0.05, 0.1) is 0 Å². The normalized spacial score (nSPS) is 19.8. The average Bonchev–Trinajstić information content (AvgIpc) is 1.86. The lowest BCUT2D eigenvalue weighted by Crippen LogP contribution is -2.18. The highest BCUT2D eigenvalue weighted by molar-refractivity contribution is 7.77. The molecule has 0 aliphatic carbocycles. The molecule has 1 heterocycles. The maximum absolute atomic E-state index is 3.75. The fourth-order valence-corrected chi connectivity index (χ4v) is 0.338. The molecule has 4 nitrogen and oxygen atoms in total. The summed E-state index contributed by atoms with van der Waals surface area (Å²) in [4.78, 5) is 0. The third kappa shape index (κ3) is 0.605. The minimum Gasteiger partial charge on any atom is -0.182 e. The molecule has 0 aromatic carbocycles. The maximum atomic E-state index is 3.75. The quantitative estimate of drug-likeness (QED) is 0.424. The van der Waals surface area contributed by atoms with Gasteiger partial charge in [0.25, 0.3) is 0 Å². The van der Waals surface area contributed by atoms with E-state index in [4.69, 9.17) is 0 Å². The summed E-state index contributed by atoms with van der Waals surface area (Å²) >= 11 is 3.75. The Morgan fingerprint density at radius 2 is 2.67 bits per heavy atom. The van der Waals surface area contributed by atoms with Crippen molar-refractivity contribution in [2.45, 2.75) is 0 Å². The van der Waals surface area contributed by atoms with Crippen LogP contribution in [0.1, 0.15) is 0 Å². The van der Waals surface area contributed by atoms with Crippen LogP contribution >= 0.6 is 12.8 Å². The number of nitrogens with zero attached hydrogens (tertiary/aromatic N) is 3. The summed E-state index contributed by atoms with van der Waals surface area (Å²) in [7, 11) is 0. The van der Waals surface area contributed by atoms with E-state index in [1.54, 1.807) is 0 Å². The van der Waals surface area contributed by atoms with Gasteiger partial charge in [-0.3, -0.25) is 0 Å². The Labute approximate surface area is 40.7 Å². The van der Waals surface area contributed by atoms with Gasteiger partial charge < -0.3 is 0 Å². The van der Waals surface area contributed by atoms with Crippen LogP contribution in [0.4, 0.5) is 0 Å². The lowest BCUT2D eigenvalue weighted by atomic mass is 11.2. The molecule has 0 bridgehead atoms. The zero-order chi connectivity index (χ0) is 4.41. The molecule has 34 valence electrons. The SMILES string of the molecule is SN1N=NCN1. The molecule has 5 heteroatoms. The zero-order valence-electron chi connectivity index (χ0n) is 3.00. The van der Waals surface area contributed by atoms with Gasteiger partial charge in [-0.15, -0.1) is 0 Å². The largest absolute Gasteiger partial charge is 0.182 e. The van der Waals surface area contributed by atoms with Gasteiger partial charge in [0.15, 0.2) is 0 Å². The van der Waals surface area contributed by atoms with Crippen molar-refractivity contribution in [1.29, 1.82) is 0 Å². The van der Waals surface area contributed by atoms with Gasteiger partial charge >= 0.3 is 0 Å². The fourth-order valence-electron chi connectivity index (χ4n) is 0.218. The van der Waals surface area contributed by atoms with Gasteiger partial charge in [0.1, 0.15) is 6.67 Å². The molecule has 0 amide bonds. The predicted molar refractivity (Wildman–Crippen MR) is 23.7 cm³/mol.